The number of carbonyl (C=O) groups is 2. The van der Waals surface area contributed by atoms with Crippen LogP contribution in [-0.4, -0.2) is 92.5 Å². The highest BCUT2D eigenvalue weighted by molar-refractivity contribution is 7.45. The molecule has 4 atom stereocenters. The van der Waals surface area contributed by atoms with Gasteiger partial charge in [0, 0.05) is 12.8 Å². The minimum absolute atomic E-state index is 0.0647. The largest absolute Gasteiger partial charge is 0.756 e. The van der Waals surface area contributed by atoms with Crippen molar-refractivity contribution in [1.82, 2.24) is 0 Å². The van der Waals surface area contributed by atoms with Crippen molar-refractivity contribution >= 4 is 19.8 Å². The number of esters is 2. The van der Waals surface area contributed by atoms with E-state index in [-0.39, 0.29) is 26.1 Å². The highest BCUT2D eigenvalue weighted by Crippen LogP contribution is 2.38. The molecule has 1 unspecified atom stereocenters. The Morgan fingerprint density at radius 1 is 0.621 bits per heavy atom. The fourth-order valence-corrected chi connectivity index (χ4v) is 6.53. The van der Waals surface area contributed by atoms with E-state index in [1.54, 1.807) is 0 Å². The Morgan fingerprint density at radius 2 is 1.12 bits per heavy atom. The van der Waals surface area contributed by atoms with Gasteiger partial charge in [-0.1, -0.05) is 127 Å². The van der Waals surface area contributed by atoms with Crippen LogP contribution in [0.4, 0.5) is 0 Å². The number of ether oxygens (including phenoxy) is 2. The van der Waals surface area contributed by atoms with Crippen LogP contribution in [0.25, 0.3) is 0 Å². The minimum atomic E-state index is -4.67. The Bertz CT molecular complexity index is 1170. The van der Waals surface area contributed by atoms with Gasteiger partial charge in [0.25, 0.3) is 7.82 Å². The lowest BCUT2D eigenvalue weighted by molar-refractivity contribution is -0.870. The Morgan fingerprint density at radius 3 is 1.71 bits per heavy atom. The maximum absolute atomic E-state index is 12.7. The molecule has 0 bridgehead atoms. The number of phosphoric ester groups is 1. The lowest BCUT2D eigenvalue weighted by atomic mass is 10.0. The number of carbonyl (C=O) groups excluding carboxylic acids is 2. The summed E-state index contributed by atoms with van der Waals surface area (Å²) in [4.78, 5) is 37.6. The van der Waals surface area contributed by atoms with Crippen molar-refractivity contribution in [3.63, 3.8) is 0 Å². The zero-order valence-corrected chi connectivity index (χ0v) is 38.1. The third-order valence-electron chi connectivity index (χ3n) is 9.52. The Hall–Kier alpha value is -2.11. The Balaban J connectivity index is 4.52. The minimum Gasteiger partial charge on any atom is -0.756 e. The highest BCUT2D eigenvalue weighted by atomic mass is 31.2. The van der Waals surface area contributed by atoms with Gasteiger partial charge in [0.2, 0.25) is 0 Å². The lowest BCUT2D eigenvalue weighted by Crippen LogP contribution is -2.37. The van der Waals surface area contributed by atoms with Gasteiger partial charge in [-0.15, -0.1) is 0 Å². The zero-order valence-electron chi connectivity index (χ0n) is 37.2. The predicted octanol–water partition coefficient (Wildman–Crippen LogP) is 10.00. The first-order chi connectivity index (χ1) is 27.8. The van der Waals surface area contributed by atoms with Gasteiger partial charge in [-0.2, -0.15) is 0 Å². The maximum atomic E-state index is 12.7. The highest BCUT2D eigenvalue weighted by Gasteiger charge is 2.22. The fourth-order valence-electron chi connectivity index (χ4n) is 5.80. The van der Waals surface area contributed by atoms with Crippen molar-refractivity contribution in [1.29, 1.82) is 0 Å². The van der Waals surface area contributed by atoms with Gasteiger partial charge in [-0.3, -0.25) is 14.2 Å². The summed E-state index contributed by atoms with van der Waals surface area (Å²) in [6.07, 6.45) is 35.8. The molecule has 0 aromatic carbocycles. The monoisotopic (exact) mass is 842 g/mol. The third kappa shape index (κ3) is 39.4. The first-order valence-corrected chi connectivity index (χ1v) is 24.0. The van der Waals surface area contributed by atoms with Crippen LogP contribution in [0.1, 0.15) is 168 Å². The summed E-state index contributed by atoms with van der Waals surface area (Å²) in [6, 6.07) is 0. The molecule has 0 rings (SSSR count). The molecule has 0 fully saturated rings. The van der Waals surface area contributed by atoms with E-state index in [1.165, 1.54) is 38.5 Å². The molecule has 338 valence electrons. The van der Waals surface area contributed by atoms with Crippen LogP contribution in [0.5, 0.6) is 0 Å². The second kappa shape index (κ2) is 37.9. The third-order valence-corrected chi connectivity index (χ3v) is 10.5. The molecule has 0 spiro atoms. The normalized spacial score (nSPS) is 15.1. The molecule has 0 radical (unpaired) electrons. The van der Waals surface area contributed by atoms with E-state index in [1.807, 2.05) is 27.2 Å². The summed E-state index contributed by atoms with van der Waals surface area (Å²) in [5.74, 6) is -0.974. The van der Waals surface area contributed by atoms with Crippen molar-refractivity contribution < 1.29 is 52.3 Å². The number of likely N-dealkylation sites (N-methyl/N-ethyl adjacent to an activating group) is 1. The van der Waals surface area contributed by atoms with Gasteiger partial charge < -0.3 is 38.1 Å². The first kappa shape index (κ1) is 55.9. The molecule has 0 saturated carbocycles. The first-order valence-electron chi connectivity index (χ1n) is 22.5. The van der Waals surface area contributed by atoms with E-state index in [4.69, 9.17) is 18.5 Å². The molecule has 2 N–H and O–H groups in total. The molecular formula is C46H84NO10P. The smallest absolute Gasteiger partial charge is 0.306 e. The fraction of sp³-hybridized carbons (Fsp3) is 0.783. The predicted molar refractivity (Wildman–Crippen MR) is 234 cm³/mol. The lowest BCUT2D eigenvalue weighted by Gasteiger charge is -2.28. The van der Waals surface area contributed by atoms with Gasteiger partial charge in [-0.25, -0.2) is 0 Å². The van der Waals surface area contributed by atoms with E-state index < -0.39 is 44.7 Å². The number of allylic oxidation sites excluding steroid dienone is 7. The summed E-state index contributed by atoms with van der Waals surface area (Å²) < 4.78 is 33.8. The number of unbranched alkanes of at least 4 members (excludes halogenated alkanes) is 14. The average molecular weight is 842 g/mol. The van der Waals surface area contributed by atoms with E-state index >= 15 is 0 Å². The SMILES string of the molecule is CCCCC/C=C\C/C=C\C/C=C\CCCCCCC(=O)OC[C@H](COP(=O)([O-])OCC[N+](C)(C)C)OC(=O)CCCCCCC[C@H](O)[C@@H](O)C/C=C\CCCCC. The van der Waals surface area contributed by atoms with Crippen molar-refractivity contribution in [3.8, 4) is 0 Å². The molecule has 0 aliphatic carbocycles. The molecular weight excluding hydrogens is 757 g/mol. The van der Waals surface area contributed by atoms with E-state index in [9.17, 15) is 29.3 Å². The quantitative estimate of drug-likeness (QED) is 0.0201. The molecule has 0 aromatic heterocycles. The summed E-state index contributed by atoms with van der Waals surface area (Å²) in [7, 11) is 1.05. The van der Waals surface area contributed by atoms with Gasteiger partial charge in [-0.05, 0) is 77.0 Å². The number of hydrogen-bond acceptors (Lipinski definition) is 10. The van der Waals surface area contributed by atoms with Crippen molar-refractivity contribution in [2.45, 2.75) is 186 Å². The van der Waals surface area contributed by atoms with Crippen LogP contribution >= 0.6 is 7.82 Å². The van der Waals surface area contributed by atoms with Crippen molar-refractivity contribution in [3.05, 3.63) is 48.6 Å². The van der Waals surface area contributed by atoms with Gasteiger partial charge >= 0.3 is 11.9 Å². The molecule has 0 amide bonds. The Labute approximate surface area is 353 Å². The molecule has 0 heterocycles. The van der Waals surface area contributed by atoms with Crippen LogP contribution in [-0.2, 0) is 32.7 Å². The number of aliphatic hydroxyl groups is 2. The van der Waals surface area contributed by atoms with Crippen LogP contribution in [0.2, 0.25) is 0 Å². The summed E-state index contributed by atoms with van der Waals surface area (Å²) in [5, 5.41) is 20.5. The molecule has 0 aliphatic rings. The van der Waals surface area contributed by atoms with Gasteiger partial charge in [0.1, 0.15) is 19.8 Å². The zero-order chi connectivity index (χ0) is 43.2. The van der Waals surface area contributed by atoms with E-state index in [0.717, 1.165) is 77.0 Å². The van der Waals surface area contributed by atoms with E-state index in [2.05, 4.69) is 56.4 Å². The number of nitrogens with zero attached hydrogens (tertiary/aromatic N) is 1. The maximum Gasteiger partial charge on any atom is 0.306 e. The number of aliphatic hydroxyl groups excluding tert-OH is 2. The molecule has 0 aromatic rings. The second-order valence-electron chi connectivity index (χ2n) is 16.4. The van der Waals surface area contributed by atoms with Crippen molar-refractivity contribution in [2.24, 2.45) is 0 Å². The number of quaternary nitrogens is 1. The molecule has 0 saturated heterocycles. The molecule has 12 heteroatoms. The summed E-state index contributed by atoms with van der Waals surface area (Å²) >= 11 is 0. The van der Waals surface area contributed by atoms with E-state index in [0.29, 0.717) is 36.7 Å². The van der Waals surface area contributed by atoms with Crippen LogP contribution in [0.3, 0.4) is 0 Å². The number of rotatable bonds is 40. The molecule has 0 aliphatic heterocycles. The van der Waals surface area contributed by atoms with Crippen LogP contribution in [0.15, 0.2) is 48.6 Å². The number of phosphoric acid groups is 1. The second-order valence-corrected chi connectivity index (χ2v) is 17.8. The van der Waals surface area contributed by atoms with Crippen LogP contribution < -0.4 is 4.89 Å². The number of hydrogen-bond donors (Lipinski definition) is 2. The topological polar surface area (TPSA) is 152 Å². The van der Waals surface area contributed by atoms with Crippen molar-refractivity contribution in [2.75, 3.05) is 47.5 Å². The molecule has 58 heavy (non-hydrogen) atoms. The van der Waals surface area contributed by atoms with Gasteiger partial charge in [0.05, 0.1) is 40.0 Å². The standard InChI is InChI=1S/C46H84NO10P/c1-6-8-10-12-14-15-16-17-18-19-20-21-22-23-24-28-32-36-45(50)54-40-42(41-56-58(52,53)55-39-38-47(3,4)5)57-46(51)37-33-29-25-27-31-35-44(49)43(48)34-30-26-13-11-9-7-2/h14-15,17-18,20-21,26,30,42-44,48-49H,6-13,16,19,22-25,27-29,31-41H2,1-5H3/b15-14-,18-17-,21-20-,30-26-/t42-,43+,44+/m1/s1. The Kier molecular flexibility index (Phi) is 36.5. The average Bonchev–Trinajstić information content (AvgIpc) is 3.17. The summed E-state index contributed by atoms with van der Waals surface area (Å²) in [6.45, 7) is 3.92. The van der Waals surface area contributed by atoms with Gasteiger partial charge in [0.15, 0.2) is 6.10 Å². The van der Waals surface area contributed by atoms with Crippen LogP contribution in [0, 0.1) is 0 Å². The summed E-state index contributed by atoms with van der Waals surface area (Å²) in [5.41, 5.74) is 0. The molecule has 11 nitrogen and oxygen atoms in total.